The average molecular weight is 449 g/mol. The quantitative estimate of drug-likeness (QED) is 0.684. The monoisotopic (exact) mass is 449 g/mol. The van der Waals surface area contributed by atoms with Crippen molar-refractivity contribution in [2.24, 2.45) is 0 Å². The zero-order valence-electron chi connectivity index (χ0n) is 16.6. The highest BCUT2D eigenvalue weighted by molar-refractivity contribution is 8.18. The first-order valence-corrected chi connectivity index (χ1v) is 9.86. The van der Waals surface area contributed by atoms with Crippen LogP contribution in [0.25, 0.3) is 6.08 Å². The summed E-state index contributed by atoms with van der Waals surface area (Å²) in [5.41, 5.74) is 0.684. The highest BCUT2D eigenvalue weighted by Gasteiger charge is 2.36. The largest absolute Gasteiger partial charge is 0.416 e. The number of imide groups is 1. The van der Waals surface area contributed by atoms with Gasteiger partial charge >= 0.3 is 6.18 Å². The van der Waals surface area contributed by atoms with E-state index in [0.29, 0.717) is 17.3 Å². The van der Waals surface area contributed by atoms with Crippen LogP contribution in [0.5, 0.6) is 0 Å². The van der Waals surface area contributed by atoms with E-state index < -0.39 is 35.3 Å². The molecule has 0 bridgehead atoms. The summed E-state index contributed by atoms with van der Waals surface area (Å²) in [7, 11) is 3.79. The molecule has 2 aromatic rings. The smallest absolute Gasteiger partial charge is 0.378 e. The van der Waals surface area contributed by atoms with Gasteiger partial charge in [-0.3, -0.25) is 19.3 Å². The Morgan fingerprint density at radius 2 is 1.81 bits per heavy atom. The molecule has 0 spiro atoms. The molecule has 6 nitrogen and oxygen atoms in total. The number of anilines is 2. The molecule has 10 heteroatoms. The molecule has 162 valence electrons. The van der Waals surface area contributed by atoms with Gasteiger partial charge in [0.25, 0.3) is 11.1 Å². The van der Waals surface area contributed by atoms with Gasteiger partial charge < -0.3 is 10.2 Å². The number of carbonyl (C=O) groups excluding carboxylic acids is 3. The third-order valence-electron chi connectivity index (χ3n) is 4.36. The van der Waals surface area contributed by atoms with Crippen LogP contribution in [0.15, 0.2) is 53.4 Å². The van der Waals surface area contributed by atoms with Crippen LogP contribution in [-0.2, 0) is 15.8 Å². The first-order chi connectivity index (χ1) is 14.5. The molecule has 0 atom stereocenters. The minimum absolute atomic E-state index is 0.0803. The second-order valence-electron chi connectivity index (χ2n) is 6.88. The molecule has 1 aliphatic heterocycles. The molecule has 0 unspecified atom stereocenters. The minimum Gasteiger partial charge on any atom is -0.378 e. The van der Waals surface area contributed by atoms with Crippen LogP contribution in [0.3, 0.4) is 0 Å². The highest BCUT2D eigenvalue weighted by Crippen LogP contribution is 2.33. The van der Waals surface area contributed by atoms with Crippen LogP contribution >= 0.6 is 11.8 Å². The predicted molar refractivity (Wildman–Crippen MR) is 114 cm³/mol. The Bertz CT molecular complexity index is 1050. The molecule has 3 amide bonds. The van der Waals surface area contributed by atoms with Crippen LogP contribution in [0.2, 0.25) is 0 Å². The van der Waals surface area contributed by atoms with E-state index in [-0.39, 0.29) is 10.6 Å². The molecular formula is C21H18F3N3O3S. The fourth-order valence-electron chi connectivity index (χ4n) is 2.77. The number of nitrogens with zero attached hydrogens (tertiary/aromatic N) is 2. The van der Waals surface area contributed by atoms with Crippen molar-refractivity contribution in [3.8, 4) is 0 Å². The second-order valence-corrected chi connectivity index (χ2v) is 7.87. The fraction of sp³-hybridized carbons (Fsp3) is 0.190. The Hall–Kier alpha value is -3.27. The summed E-state index contributed by atoms with van der Waals surface area (Å²) in [4.78, 5) is 39.8. The normalized spacial score (nSPS) is 15.5. The molecule has 1 saturated heterocycles. The molecule has 0 aromatic heterocycles. The summed E-state index contributed by atoms with van der Waals surface area (Å²) in [5, 5.41) is 1.66. The Morgan fingerprint density at radius 1 is 1.13 bits per heavy atom. The molecule has 0 radical (unpaired) electrons. The van der Waals surface area contributed by atoms with Gasteiger partial charge in [-0.1, -0.05) is 18.2 Å². The van der Waals surface area contributed by atoms with Crippen LogP contribution in [0.1, 0.15) is 11.1 Å². The van der Waals surface area contributed by atoms with Gasteiger partial charge in [-0.25, -0.2) is 0 Å². The predicted octanol–water partition coefficient (Wildman–Crippen LogP) is 4.45. The topological polar surface area (TPSA) is 69.7 Å². The van der Waals surface area contributed by atoms with E-state index in [1.54, 1.807) is 18.2 Å². The molecule has 1 aliphatic rings. The van der Waals surface area contributed by atoms with Crippen LogP contribution in [-0.4, -0.2) is 42.6 Å². The molecule has 1 heterocycles. The van der Waals surface area contributed by atoms with Crippen LogP contribution in [0.4, 0.5) is 29.3 Å². The average Bonchev–Trinajstić information content (AvgIpc) is 2.95. The number of amides is 3. The van der Waals surface area contributed by atoms with E-state index in [0.717, 1.165) is 28.8 Å². The number of benzene rings is 2. The van der Waals surface area contributed by atoms with Crippen molar-refractivity contribution < 1.29 is 27.6 Å². The first kappa shape index (κ1) is 22.4. The standard InChI is InChI=1S/C21H18F3N3O3S/c1-26(2)16-8-6-13(7-9-16)10-17-19(29)27(20(30)31-17)12-18(28)25-15-5-3-4-14(11-15)21(22,23)24/h3-11H,12H2,1-2H3,(H,25,28)/b17-10+. The lowest BCUT2D eigenvalue weighted by Gasteiger charge is -2.13. The van der Waals surface area contributed by atoms with Crippen molar-refractivity contribution in [1.82, 2.24) is 4.90 Å². The van der Waals surface area contributed by atoms with Crippen LogP contribution in [0, 0.1) is 0 Å². The summed E-state index contributed by atoms with van der Waals surface area (Å²) in [6.07, 6.45) is -3.00. The van der Waals surface area contributed by atoms with Crippen molar-refractivity contribution in [3.63, 3.8) is 0 Å². The van der Waals surface area contributed by atoms with Gasteiger partial charge in [0, 0.05) is 25.5 Å². The fourth-order valence-corrected chi connectivity index (χ4v) is 3.61. The third-order valence-corrected chi connectivity index (χ3v) is 5.26. The Balaban J connectivity index is 1.68. The van der Waals surface area contributed by atoms with E-state index in [9.17, 15) is 27.6 Å². The van der Waals surface area contributed by atoms with E-state index >= 15 is 0 Å². The number of halogens is 3. The maximum absolute atomic E-state index is 12.8. The van der Waals surface area contributed by atoms with Crippen molar-refractivity contribution in [2.75, 3.05) is 30.9 Å². The second kappa shape index (κ2) is 8.84. The van der Waals surface area contributed by atoms with Gasteiger partial charge in [-0.05, 0) is 53.7 Å². The van der Waals surface area contributed by atoms with E-state index in [4.69, 9.17) is 0 Å². The Kier molecular flexibility index (Phi) is 6.40. The highest BCUT2D eigenvalue weighted by atomic mass is 32.2. The first-order valence-electron chi connectivity index (χ1n) is 9.04. The number of hydrogen-bond donors (Lipinski definition) is 1. The van der Waals surface area contributed by atoms with Gasteiger partial charge in [-0.15, -0.1) is 0 Å². The lowest BCUT2D eigenvalue weighted by atomic mass is 10.2. The van der Waals surface area contributed by atoms with Crippen molar-refractivity contribution in [3.05, 3.63) is 64.6 Å². The lowest BCUT2D eigenvalue weighted by molar-refractivity contribution is -0.137. The molecule has 1 fully saturated rings. The van der Waals surface area contributed by atoms with Gasteiger partial charge in [-0.2, -0.15) is 13.2 Å². The lowest BCUT2D eigenvalue weighted by Crippen LogP contribution is -2.36. The zero-order valence-corrected chi connectivity index (χ0v) is 17.4. The molecular weight excluding hydrogens is 431 g/mol. The van der Waals surface area contributed by atoms with E-state index in [1.165, 1.54) is 6.07 Å². The molecule has 3 rings (SSSR count). The zero-order chi connectivity index (χ0) is 22.8. The van der Waals surface area contributed by atoms with Crippen molar-refractivity contribution in [2.45, 2.75) is 6.18 Å². The molecule has 31 heavy (non-hydrogen) atoms. The maximum atomic E-state index is 12.8. The molecule has 0 aliphatic carbocycles. The maximum Gasteiger partial charge on any atom is 0.416 e. The molecule has 0 saturated carbocycles. The number of rotatable bonds is 5. The van der Waals surface area contributed by atoms with E-state index in [2.05, 4.69) is 5.32 Å². The summed E-state index contributed by atoms with van der Waals surface area (Å²) in [6.45, 7) is -0.599. The molecule has 2 aromatic carbocycles. The van der Waals surface area contributed by atoms with Gasteiger partial charge in [0.2, 0.25) is 5.91 Å². The number of thioether (sulfide) groups is 1. The molecule has 1 N–H and O–H groups in total. The third kappa shape index (κ3) is 5.46. The summed E-state index contributed by atoms with van der Waals surface area (Å²) >= 11 is 0.701. The summed E-state index contributed by atoms with van der Waals surface area (Å²) < 4.78 is 38.4. The number of nitrogens with one attached hydrogen (secondary N) is 1. The Morgan fingerprint density at radius 3 is 2.42 bits per heavy atom. The van der Waals surface area contributed by atoms with Crippen LogP contribution < -0.4 is 10.2 Å². The van der Waals surface area contributed by atoms with Gasteiger partial charge in [0.1, 0.15) is 6.54 Å². The van der Waals surface area contributed by atoms with Crippen molar-refractivity contribution in [1.29, 1.82) is 0 Å². The number of alkyl halides is 3. The van der Waals surface area contributed by atoms with Gasteiger partial charge in [0.15, 0.2) is 0 Å². The number of hydrogen-bond acceptors (Lipinski definition) is 5. The minimum atomic E-state index is -4.55. The van der Waals surface area contributed by atoms with E-state index in [1.807, 2.05) is 31.1 Å². The summed E-state index contributed by atoms with van der Waals surface area (Å²) in [6, 6.07) is 11.4. The summed E-state index contributed by atoms with van der Waals surface area (Å²) in [5.74, 6) is -1.41. The Labute approximate surface area is 180 Å². The van der Waals surface area contributed by atoms with Crippen molar-refractivity contribution >= 4 is 46.3 Å². The SMILES string of the molecule is CN(C)c1ccc(/C=C2/SC(=O)N(CC(=O)Nc3cccc(C(F)(F)F)c3)C2=O)cc1. The number of carbonyl (C=O) groups is 3. The van der Waals surface area contributed by atoms with Gasteiger partial charge in [0.05, 0.1) is 10.5 Å².